The van der Waals surface area contributed by atoms with Gasteiger partial charge in [0.05, 0.1) is 16.6 Å². The molecule has 1 aliphatic rings. The van der Waals surface area contributed by atoms with Crippen molar-refractivity contribution in [1.82, 2.24) is 10.2 Å². The Balaban J connectivity index is 1.80. The Morgan fingerprint density at radius 2 is 1.79 bits per heavy atom. The quantitative estimate of drug-likeness (QED) is 0.531. The largest absolute Gasteiger partial charge is 0.479 e. The summed E-state index contributed by atoms with van der Waals surface area (Å²) in [6, 6.07) is 9.91. The molecule has 0 atom stereocenters. The number of urea groups is 1. The van der Waals surface area contributed by atoms with Crippen LogP contribution in [0.2, 0.25) is 10.0 Å². The molecular formula is C20H16Cl2N2O5. The van der Waals surface area contributed by atoms with E-state index in [4.69, 9.17) is 33.0 Å². The van der Waals surface area contributed by atoms with Gasteiger partial charge in [0.2, 0.25) is 0 Å². The summed E-state index contributed by atoms with van der Waals surface area (Å²) < 4.78 is 5.05. The van der Waals surface area contributed by atoms with Crippen molar-refractivity contribution in [2.24, 2.45) is 0 Å². The second-order valence-electron chi connectivity index (χ2n) is 6.36. The van der Waals surface area contributed by atoms with Gasteiger partial charge in [-0.2, -0.15) is 0 Å². The van der Waals surface area contributed by atoms with Crippen LogP contribution in [0.5, 0.6) is 5.75 Å². The predicted molar refractivity (Wildman–Crippen MR) is 108 cm³/mol. The van der Waals surface area contributed by atoms with E-state index in [-0.39, 0.29) is 28.0 Å². The summed E-state index contributed by atoms with van der Waals surface area (Å²) in [7, 11) is 0. The van der Waals surface area contributed by atoms with E-state index < -0.39 is 24.5 Å². The van der Waals surface area contributed by atoms with Gasteiger partial charge in [-0.25, -0.2) is 9.59 Å². The molecule has 7 nitrogen and oxygen atoms in total. The van der Waals surface area contributed by atoms with Gasteiger partial charge in [-0.05, 0) is 36.3 Å². The molecule has 0 aliphatic carbocycles. The first kappa shape index (κ1) is 20.7. The van der Waals surface area contributed by atoms with Crippen molar-refractivity contribution < 1.29 is 24.2 Å². The number of aryl methyl sites for hydroxylation is 1. The maximum Gasteiger partial charge on any atom is 0.341 e. The number of imide groups is 1. The van der Waals surface area contributed by atoms with E-state index in [9.17, 15) is 14.4 Å². The number of rotatable bonds is 6. The number of carboxylic acid groups (broad SMARTS) is 1. The van der Waals surface area contributed by atoms with Crippen LogP contribution < -0.4 is 10.1 Å². The van der Waals surface area contributed by atoms with Gasteiger partial charge < -0.3 is 15.2 Å². The maximum absolute atomic E-state index is 12.6. The van der Waals surface area contributed by atoms with Crippen LogP contribution in [0.25, 0.3) is 6.08 Å². The molecule has 2 aromatic rings. The summed E-state index contributed by atoms with van der Waals surface area (Å²) in [5.41, 5.74) is 2.43. The number of aliphatic carboxylic acids is 1. The third-order valence-corrected chi connectivity index (χ3v) is 4.66. The van der Waals surface area contributed by atoms with E-state index >= 15 is 0 Å². The van der Waals surface area contributed by atoms with Gasteiger partial charge in [-0.15, -0.1) is 0 Å². The van der Waals surface area contributed by atoms with Gasteiger partial charge in [0.25, 0.3) is 5.91 Å². The van der Waals surface area contributed by atoms with Crippen LogP contribution >= 0.6 is 23.2 Å². The van der Waals surface area contributed by atoms with E-state index in [1.54, 1.807) is 0 Å². The maximum atomic E-state index is 12.6. The molecule has 3 amide bonds. The zero-order valence-corrected chi connectivity index (χ0v) is 16.8. The predicted octanol–water partition coefficient (Wildman–Crippen LogP) is 3.86. The van der Waals surface area contributed by atoms with Gasteiger partial charge in [0.15, 0.2) is 12.4 Å². The average Bonchev–Trinajstić information content (AvgIpc) is 2.90. The molecule has 0 unspecified atom stereocenters. The van der Waals surface area contributed by atoms with Crippen LogP contribution in [-0.2, 0) is 16.1 Å². The van der Waals surface area contributed by atoms with Crippen molar-refractivity contribution in [1.29, 1.82) is 0 Å². The summed E-state index contributed by atoms with van der Waals surface area (Å²) in [5.74, 6) is -1.62. The molecule has 1 aliphatic heterocycles. The topological polar surface area (TPSA) is 95.9 Å². The molecule has 1 fully saturated rings. The highest BCUT2D eigenvalue weighted by molar-refractivity contribution is 6.37. The van der Waals surface area contributed by atoms with Gasteiger partial charge in [-0.1, -0.05) is 53.0 Å². The van der Waals surface area contributed by atoms with Crippen LogP contribution in [0.4, 0.5) is 4.79 Å². The van der Waals surface area contributed by atoms with Gasteiger partial charge in [0, 0.05) is 0 Å². The summed E-state index contributed by atoms with van der Waals surface area (Å²) >= 11 is 12.2. The van der Waals surface area contributed by atoms with Crippen molar-refractivity contribution >= 4 is 47.2 Å². The molecule has 150 valence electrons. The summed E-state index contributed by atoms with van der Waals surface area (Å²) in [6.45, 7) is 1.50. The summed E-state index contributed by atoms with van der Waals surface area (Å²) in [5, 5.41) is 11.4. The van der Waals surface area contributed by atoms with Crippen LogP contribution in [0.1, 0.15) is 16.7 Å². The van der Waals surface area contributed by atoms with E-state index in [2.05, 4.69) is 5.32 Å². The number of amides is 3. The Kier molecular flexibility index (Phi) is 6.10. The number of nitrogens with one attached hydrogen (secondary N) is 1. The second-order valence-corrected chi connectivity index (χ2v) is 7.18. The zero-order valence-electron chi connectivity index (χ0n) is 15.2. The lowest BCUT2D eigenvalue weighted by Gasteiger charge is -2.12. The molecular weight excluding hydrogens is 419 g/mol. The van der Waals surface area contributed by atoms with E-state index in [0.29, 0.717) is 5.56 Å². The standard InChI is InChI=1S/C20H16Cl2N2O5/c1-11-2-4-12(5-3-11)9-24-19(27)16(23-20(24)28)8-13-6-14(21)18(15(22)7-13)29-10-17(25)26/h2-8H,9-10H2,1H3,(H,23,28)(H,25,26)/b16-8+. The molecule has 2 N–H and O–H groups in total. The van der Waals surface area contributed by atoms with E-state index in [0.717, 1.165) is 16.0 Å². The normalized spacial score (nSPS) is 15.0. The number of benzene rings is 2. The fraction of sp³-hybridized carbons (Fsp3) is 0.150. The Hall–Kier alpha value is -3.03. The molecule has 0 spiro atoms. The first-order valence-electron chi connectivity index (χ1n) is 8.48. The molecule has 3 rings (SSSR count). The first-order valence-corrected chi connectivity index (χ1v) is 9.24. The lowest BCUT2D eigenvalue weighted by atomic mass is 10.1. The minimum absolute atomic E-state index is 0.0284. The SMILES string of the molecule is Cc1ccc(CN2C(=O)N/C(=C/c3cc(Cl)c(OCC(=O)O)c(Cl)c3)C2=O)cc1. The lowest BCUT2D eigenvalue weighted by Crippen LogP contribution is -2.30. The molecule has 2 aromatic carbocycles. The second kappa shape index (κ2) is 8.55. The number of carbonyl (C=O) groups is 3. The van der Waals surface area contributed by atoms with Gasteiger partial charge in [0.1, 0.15) is 5.70 Å². The monoisotopic (exact) mass is 434 g/mol. The smallest absolute Gasteiger partial charge is 0.341 e. The van der Waals surface area contributed by atoms with Crippen molar-refractivity contribution in [3.8, 4) is 5.75 Å². The summed E-state index contributed by atoms with van der Waals surface area (Å²) in [6.07, 6.45) is 1.44. The van der Waals surface area contributed by atoms with Crippen LogP contribution in [0.3, 0.4) is 0 Å². The van der Waals surface area contributed by atoms with Crippen molar-refractivity contribution in [2.75, 3.05) is 6.61 Å². The molecule has 0 aromatic heterocycles. The van der Waals surface area contributed by atoms with E-state index in [1.165, 1.54) is 18.2 Å². The molecule has 9 heteroatoms. The zero-order chi connectivity index (χ0) is 21.1. The third kappa shape index (κ3) is 4.88. The summed E-state index contributed by atoms with van der Waals surface area (Å²) in [4.78, 5) is 36.6. The molecule has 1 heterocycles. The minimum atomic E-state index is -1.17. The third-order valence-electron chi connectivity index (χ3n) is 4.10. The van der Waals surface area contributed by atoms with E-state index in [1.807, 2.05) is 31.2 Å². The highest BCUT2D eigenvalue weighted by atomic mass is 35.5. The Morgan fingerprint density at radius 1 is 1.17 bits per heavy atom. The van der Waals surface area contributed by atoms with Crippen molar-refractivity contribution in [2.45, 2.75) is 13.5 Å². The minimum Gasteiger partial charge on any atom is -0.479 e. The fourth-order valence-electron chi connectivity index (χ4n) is 2.69. The average molecular weight is 435 g/mol. The number of carboxylic acids is 1. The Morgan fingerprint density at radius 3 is 2.38 bits per heavy atom. The number of carbonyl (C=O) groups excluding carboxylic acids is 2. The van der Waals surface area contributed by atoms with Gasteiger partial charge >= 0.3 is 12.0 Å². The number of halogens is 2. The molecule has 0 saturated carbocycles. The fourth-order valence-corrected chi connectivity index (χ4v) is 3.31. The highest BCUT2D eigenvalue weighted by Gasteiger charge is 2.33. The Bertz CT molecular complexity index is 995. The number of hydrogen-bond donors (Lipinski definition) is 2. The molecule has 1 saturated heterocycles. The molecule has 0 radical (unpaired) electrons. The van der Waals surface area contributed by atoms with Crippen LogP contribution in [0.15, 0.2) is 42.1 Å². The Labute approximate surface area is 176 Å². The van der Waals surface area contributed by atoms with Crippen LogP contribution in [0, 0.1) is 6.92 Å². The first-order chi connectivity index (χ1) is 13.7. The number of nitrogens with zero attached hydrogens (tertiary/aromatic N) is 1. The highest BCUT2D eigenvalue weighted by Crippen LogP contribution is 2.35. The van der Waals surface area contributed by atoms with Crippen molar-refractivity contribution in [3.63, 3.8) is 0 Å². The number of ether oxygens (including phenoxy) is 1. The molecule has 29 heavy (non-hydrogen) atoms. The van der Waals surface area contributed by atoms with Crippen LogP contribution in [-0.4, -0.2) is 34.5 Å². The molecule has 0 bridgehead atoms. The van der Waals surface area contributed by atoms with Crippen molar-refractivity contribution in [3.05, 3.63) is 68.8 Å². The number of hydrogen-bond acceptors (Lipinski definition) is 4. The lowest BCUT2D eigenvalue weighted by molar-refractivity contribution is -0.139. The van der Waals surface area contributed by atoms with Gasteiger partial charge in [-0.3, -0.25) is 9.69 Å².